The van der Waals surface area contributed by atoms with E-state index in [-0.39, 0.29) is 0 Å². The number of nitrogens with two attached hydrogens (primary N) is 1. The number of aryl methyl sites for hydroxylation is 1. The zero-order chi connectivity index (χ0) is 14.1. The molecule has 0 saturated heterocycles. The van der Waals surface area contributed by atoms with Gasteiger partial charge >= 0.3 is 0 Å². The monoisotopic (exact) mass is 286 g/mol. The number of benzene rings is 1. The number of aromatic nitrogens is 2. The third kappa shape index (κ3) is 2.30. The van der Waals surface area contributed by atoms with Crippen molar-refractivity contribution in [2.75, 3.05) is 11.9 Å². The van der Waals surface area contributed by atoms with Gasteiger partial charge in [-0.15, -0.1) is 11.3 Å². The second-order valence-electron chi connectivity index (χ2n) is 4.98. The summed E-state index contributed by atoms with van der Waals surface area (Å²) in [5, 5.41) is 2.03. The SMILES string of the molecule is Cc1ccc(CN(C)c2nc3sccn3c2CN)cc1. The molecule has 0 aliphatic carbocycles. The van der Waals surface area contributed by atoms with Gasteiger partial charge in [-0.3, -0.25) is 4.40 Å². The fourth-order valence-electron chi connectivity index (χ4n) is 2.36. The second kappa shape index (κ2) is 5.26. The molecule has 0 radical (unpaired) electrons. The van der Waals surface area contributed by atoms with E-state index in [1.54, 1.807) is 11.3 Å². The highest BCUT2D eigenvalue weighted by Gasteiger charge is 2.15. The Hall–Kier alpha value is -1.85. The fraction of sp³-hybridized carbons (Fsp3) is 0.267. The summed E-state index contributed by atoms with van der Waals surface area (Å²) < 4.78 is 2.08. The quantitative estimate of drug-likeness (QED) is 0.802. The van der Waals surface area contributed by atoms with E-state index in [1.165, 1.54) is 11.1 Å². The van der Waals surface area contributed by atoms with E-state index in [4.69, 9.17) is 5.73 Å². The lowest BCUT2D eigenvalue weighted by Gasteiger charge is -2.18. The van der Waals surface area contributed by atoms with E-state index in [0.717, 1.165) is 23.0 Å². The first-order valence-electron chi connectivity index (χ1n) is 6.60. The molecule has 104 valence electrons. The molecule has 5 heteroatoms. The lowest BCUT2D eigenvalue weighted by Crippen LogP contribution is -2.19. The van der Waals surface area contributed by atoms with Crippen molar-refractivity contribution in [3.63, 3.8) is 0 Å². The van der Waals surface area contributed by atoms with Crippen molar-refractivity contribution < 1.29 is 0 Å². The molecule has 3 rings (SSSR count). The molecule has 2 aromatic heterocycles. The lowest BCUT2D eigenvalue weighted by atomic mass is 10.1. The topological polar surface area (TPSA) is 46.6 Å². The molecule has 2 N–H and O–H groups in total. The van der Waals surface area contributed by atoms with Crippen LogP contribution in [0.3, 0.4) is 0 Å². The molecule has 20 heavy (non-hydrogen) atoms. The van der Waals surface area contributed by atoms with Crippen molar-refractivity contribution in [1.82, 2.24) is 9.38 Å². The summed E-state index contributed by atoms with van der Waals surface area (Å²) >= 11 is 1.63. The predicted molar refractivity (Wildman–Crippen MR) is 84.2 cm³/mol. The summed E-state index contributed by atoms with van der Waals surface area (Å²) in [5.74, 6) is 0.972. The van der Waals surface area contributed by atoms with Crippen LogP contribution in [-0.2, 0) is 13.1 Å². The number of imidazole rings is 1. The zero-order valence-corrected chi connectivity index (χ0v) is 12.5. The number of hydrogen-bond acceptors (Lipinski definition) is 4. The summed E-state index contributed by atoms with van der Waals surface area (Å²) in [7, 11) is 2.06. The van der Waals surface area contributed by atoms with Gasteiger partial charge in [0.25, 0.3) is 0 Å². The molecule has 0 atom stereocenters. The van der Waals surface area contributed by atoms with Gasteiger partial charge < -0.3 is 10.6 Å². The number of thiazole rings is 1. The van der Waals surface area contributed by atoms with E-state index in [2.05, 4.69) is 52.5 Å². The molecule has 0 bridgehead atoms. The van der Waals surface area contributed by atoms with Gasteiger partial charge in [0.1, 0.15) is 0 Å². The van der Waals surface area contributed by atoms with Gasteiger partial charge in [-0.1, -0.05) is 29.8 Å². The Morgan fingerprint density at radius 3 is 2.75 bits per heavy atom. The highest BCUT2D eigenvalue weighted by molar-refractivity contribution is 7.15. The molecule has 0 aliphatic heterocycles. The maximum Gasteiger partial charge on any atom is 0.195 e. The Bertz CT molecular complexity index is 711. The van der Waals surface area contributed by atoms with Crippen molar-refractivity contribution in [2.24, 2.45) is 5.73 Å². The molecule has 1 aromatic carbocycles. The van der Waals surface area contributed by atoms with Gasteiger partial charge in [-0.05, 0) is 12.5 Å². The highest BCUT2D eigenvalue weighted by atomic mass is 32.1. The van der Waals surface area contributed by atoms with Crippen molar-refractivity contribution in [1.29, 1.82) is 0 Å². The van der Waals surface area contributed by atoms with Crippen LogP contribution < -0.4 is 10.6 Å². The van der Waals surface area contributed by atoms with Gasteiger partial charge in [-0.2, -0.15) is 0 Å². The predicted octanol–water partition coefficient (Wildman–Crippen LogP) is 2.80. The molecule has 3 aromatic rings. The Morgan fingerprint density at radius 2 is 2.05 bits per heavy atom. The Balaban J connectivity index is 1.89. The molecule has 2 heterocycles. The van der Waals surface area contributed by atoms with Gasteiger partial charge in [0.2, 0.25) is 0 Å². The molecular weight excluding hydrogens is 268 g/mol. The molecule has 4 nitrogen and oxygen atoms in total. The van der Waals surface area contributed by atoms with Gasteiger partial charge in [0, 0.05) is 31.7 Å². The third-order valence-electron chi connectivity index (χ3n) is 3.44. The summed E-state index contributed by atoms with van der Waals surface area (Å²) in [5.41, 5.74) is 9.51. The standard InChI is InChI=1S/C15H18N4S/c1-11-3-5-12(6-4-11)10-18(2)14-13(9-16)19-7-8-20-15(19)17-14/h3-8H,9-10,16H2,1-2H3. The van der Waals surface area contributed by atoms with Crippen LogP contribution in [0.5, 0.6) is 0 Å². The number of hydrogen-bond donors (Lipinski definition) is 1. The van der Waals surface area contributed by atoms with Crippen LogP contribution in [-0.4, -0.2) is 16.4 Å². The summed E-state index contributed by atoms with van der Waals surface area (Å²) in [4.78, 5) is 7.84. The zero-order valence-electron chi connectivity index (χ0n) is 11.7. The molecule has 0 aliphatic rings. The molecule has 0 unspecified atom stereocenters. The first-order valence-corrected chi connectivity index (χ1v) is 7.48. The average molecular weight is 286 g/mol. The number of fused-ring (bicyclic) bond motifs is 1. The Labute approximate surface area is 122 Å². The molecule has 0 fully saturated rings. The second-order valence-corrected chi connectivity index (χ2v) is 5.86. The van der Waals surface area contributed by atoms with Gasteiger partial charge in [0.05, 0.1) is 5.69 Å². The summed E-state index contributed by atoms with van der Waals surface area (Å²) in [6, 6.07) is 8.59. The lowest BCUT2D eigenvalue weighted by molar-refractivity contribution is 0.873. The van der Waals surface area contributed by atoms with Gasteiger partial charge in [0.15, 0.2) is 10.8 Å². The molecule has 0 saturated carbocycles. The minimum Gasteiger partial charge on any atom is -0.354 e. The van der Waals surface area contributed by atoms with E-state index in [1.807, 2.05) is 11.6 Å². The van der Waals surface area contributed by atoms with Crippen molar-refractivity contribution in [3.8, 4) is 0 Å². The maximum atomic E-state index is 5.89. The minimum absolute atomic E-state index is 0.492. The first kappa shape index (κ1) is 13.1. The van der Waals surface area contributed by atoms with Crippen LogP contribution in [0.4, 0.5) is 5.82 Å². The largest absolute Gasteiger partial charge is 0.354 e. The molecule has 0 spiro atoms. The number of anilines is 1. The van der Waals surface area contributed by atoms with Crippen LogP contribution in [0.25, 0.3) is 4.96 Å². The van der Waals surface area contributed by atoms with Crippen LogP contribution in [0.2, 0.25) is 0 Å². The van der Waals surface area contributed by atoms with Crippen molar-refractivity contribution in [3.05, 3.63) is 52.7 Å². The first-order chi connectivity index (χ1) is 9.69. The number of nitrogens with zero attached hydrogens (tertiary/aromatic N) is 3. The van der Waals surface area contributed by atoms with E-state index >= 15 is 0 Å². The van der Waals surface area contributed by atoms with Crippen molar-refractivity contribution in [2.45, 2.75) is 20.0 Å². The third-order valence-corrected chi connectivity index (χ3v) is 4.19. The fourth-order valence-corrected chi connectivity index (χ4v) is 3.09. The van der Waals surface area contributed by atoms with Crippen LogP contribution in [0.1, 0.15) is 16.8 Å². The van der Waals surface area contributed by atoms with Crippen LogP contribution in [0, 0.1) is 6.92 Å². The highest BCUT2D eigenvalue weighted by Crippen LogP contribution is 2.24. The van der Waals surface area contributed by atoms with E-state index < -0.39 is 0 Å². The van der Waals surface area contributed by atoms with E-state index in [0.29, 0.717) is 6.54 Å². The van der Waals surface area contributed by atoms with Gasteiger partial charge in [-0.25, -0.2) is 4.98 Å². The normalized spacial score (nSPS) is 11.2. The maximum absolute atomic E-state index is 5.89. The smallest absolute Gasteiger partial charge is 0.195 e. The summed E-state index contributed by atoms with van der Waals surface area (Å²) in [6.07, 6.45) is 2.03. The van der Waals surface area contributed by atoms with E-state index in [9.17, 15) is 0 Å². The number of rotatable bonds is 4. The Morgan fingerprint density at radius 1 is 1.30 bits per heavy atom. The van der Waals surface area contributed by atoms with Crippen LogP contribution >= 0.6 is 11.3 Å². The Kier molecular flexibility index (Phi) is 3.46. The minimum atomic E-state index is 0.492. The van der Waals surface area contributed by atoms with Crippen LogP contribution in [0.15, 0.2) is 35.8 Å². The summed E-state index contributed by atoms with van der Waals surface area (Å²) in [6.45, 7) is 3.42. The van der Waals surface area contributed by atoms with Crippen molar-refractivity contribution >= 4 is 22.1 Å². The average Bonchev–Trinajstić information content (AvgIpc) is 3.01. The molecule has 0 amide bonds. The molecular formula is C15H18N4S.